The Morgan fingerprint density at radius 1 is 1.40 bits per heavy atom. The van der Waals surface area contributed by atoms with E-state index < -0.39 is 5.41 Å². The molecule has 0 aromatic heterocycles. The highest BCUT2D eigenvalue weighted by Gasteiger charge is 2.29. The molecule has 0 bridgehead atoms. The molecule has 0 saturated heterocycles. The highest BCUT2D eigenvalue weighted by Crippen LogP contribution is 2.28. The van der Waals surface area contributed by atoms with Crippen LogP contribution in [-0.2, 0) is 11.2 Å². The van der Waals surface area contributed by atoms with E-state index in [0.717, 1.165) is 11.3 Å². The SMILES string of the molecule is COc1ccccc1CC(C)(C)C(=O)NC(C)CCO. The van der Waals surface area contributed by atoms with Gasteiger partial charge in [-0.2, -0.15) is 0 Å². The average Bonchev–Trinajstić information content (AvgIpc) is 2.39. The van der Waals surface area contributed by atoms with Crippen LogP contribution in [0.3, 0.4) is 0 Å². The van der Waals surface area contributed by atoms with E-state index in [9.17, 15) is 4.79 Å². The zero-order chi connectivity index (χ0) is 15.2. The van der Waals surface area contributed by atoms with Gasteiger partial charge in [0.25, 0.3) is 0 Å². The van der Waals surface area contributed by atoms with E-state index in [1.807, 2.05) is 45.0 Å². The maximum absolute atomic E-state index is 12.3. The van der Waals surface area contributed by atoms with E-state index in [2.05, 4.69) is 5.32 Å². The fraction of sp³-hybridized carbons (Fsp3) is 0.562. The first-order valence-electron chi connectivity index (χ1n) is 6.94. The third kappa shape index (κ3) is 4.53. The van der Waals surface area contributed by atoms with Crippen molar-refractivity contribution < 1.29 is 14.6 Å². The molecule has 2 N–H and O–H groups in total. The minimum Gasteiger partial charge on any atom is -0.496 e. The molecule has 1 unspecified atom stereocenters. The molecule has 4 nitrogen and oxygen atoms in total. The predicted molar refractivity (Wildman–Crippen MR) is 79.8 cm³/mol. The van der Waals surface area contributed by atoms with Gasteiger partial charge in [0.1, 0.15) is 5.75 Å². The minimum atomic E-state index is -0.529. The Morgan fingerprint density at radius 2 is 2.05 bits per heavy atom. The number of aliphatic hydroxyl groups excluding tert-OH is 1. The fourth-order valence-corrected chi connectivity index (χ4v) is 2.09. The zero-order valence-electron chi connectivity index (χ0n) is 12.8. The van der Waals surface area contributed by atoms with Crippen LogP contribution in [0.4, 0.5) is 0 Å². The van der Waals surface area contributed by atoms with E-state index in [-0.39, 0.29) is 18.6 Å². The van der Waals surface area contributed by atoms with Crippen LogP contribution in [0.2, 0.25) is 0 Å². The molecule has 4 heteroatoms. The fourth-order valence-electron chi connectivity index (χ4n) is 2.09. The standard InChI is InChI=1S/C16H25NO3/c1-12(9-10-18)17-15(19)16(2,3)11-13-7-5-6-8-14(13)20-4/h5-8,12,18H,9-11H2,1-4H3,(H,17,19). The monoisotopic (exact) mass is 279 g/mol. The highest BCUT2D eigenvalue weighted by atomic mass is 16.5. The summed E-state index contributed by atoms with van der Waals surface area (Å²) in [7, 11) is 1.63. The maximum Gasteiger partial charge on any atom is 0.226 e. The number of carbonyl (C=O) groups excluding carboxylic acids is 1. The molecule has 0 aliphatic rings. The minimum absolute atomic E-state index is 0.00986. The molecular weight excluding hydrogens is 254 g/mol. The predicted octanol–water partition coefficient (Wildman–Crippen LogP) is 2.15. The zero-order valence-corrected chi connectivity index (χ0v) is 12.8. The van der Waals surface area contributed by atoms with Crippen LogP contribution in [0.25, 0.3) is 0 Å². The van der Waals surface area contributed by atoms with Gasteiger partial charge in [-0.3, -0.25) is 4.79 Å². The van der Waals surface area contributed by atoms with Gasteiger partial charge in [0.05, 0.1) is 7.11 Å². The molecule has 1 atom stereocenters. The van der Waals surface area contributed by atoms with Gasteiger partial charge in [-0.25, -0.2) is 0 Å². The Labute approximate surface area is 121 Å². The van der Waals surface area contributed by atoms with Gasteiger partial charge in [0.15, 0.2) is 0 Å². The Balaban J connectivity index is 2.75. The normalized spacial score (nSPS) is 12.8. The number of hydrogen-bond acceptors (Lipinski definition) is 3. The van der Waals surface area contributed by atoms with Gasteiger partial charge in [-0.05, 0) is 31.4 Å². The average molecular weight is 279 g/mol. The molecule has 1 aromatic rings. The molecule has 1 aromatic carbocycles. The van der Waals surface area contributed by atoms with Crippen LogP contribution in [0.1, 0.15) is 32.8 Å². The Morgan fingerprint density at radius 3 is 2.65 bits per heavy atom. The number of para-hydroxylation sites is 1. The van der Waals surface area contributed by atoms with Crippen molar-refractivity contribution in [3.8, 4) is 5.75 Å². The summed E-state index contributed by atoms with van der Waals surface area (Å²) in [6, 6.07) is 7.71. The second kappa shape index (κ2) is 7.29. The van der Waals surface area contributed by atoms with Gasteiger partial charge < -0.3 is 15.2 Å². The lowest BCUT2D eigenvalue weighted by Gasteiger charge is -2.26. The summed E-state index contributed by atoms with van der Waals surface area (Å²) in [5.41, 5.74) is 0.489. The van der Waals surface area contributed by atoms with Crippen LogP contribution in [0.15, 0.2) is 24.3 Å². The van der Waals surface area contributed by atoms with Crippen LogP contribution in [-0.4, -0.2) is 30.8 Å². The van der Waals surface area contributed by atoms with Gasteiger partial charge in [0, 0.05) is 18.1 Å². The van der Waals surface area contributed by atoms with Crippen molar-refractivity contribution in [3.05, 3.63) is 29.8 Å². The van der Waals surface area contributed by atoms with E-state index in [1.165, 1.54) is 0 Å². The topological polar surface area (TPSA) is 58.6 Å². The molecule has 1 rings (SSSR count). The summed E-state index contributed by atoms with van der Waals surface area (Å²) < 4.78 is 5.33. The van der Waals surface area contributed by atoms with E-state index in [4.69, 9.17) is 9.84 Å². The summed E-state index contributed by atoms with van der Waals surface area (Å²) in [5, 5.41) is 11.8. The smallest absolute Gasteiger partial charge is 0.226 e. The number of amides is 1. The van der Waals surface area contributed by atoms with Crippen LogP contribution in [0, 0.1) is 5.41 Å². The largest absolute Gasteiger partial charge is 0.496 e. The second-order valence-electron chi connectivity index (χ2n) is 5.76. The molecule has 0 spiro atoms. The van der Waals surface area contributed by atoms with Gasteiger partial charge in [-0.15, -0.1) is 0 Å². The molecule has 0 heterocycles. The first kappa shape index (κ1) is 16.5. The number of nitrogens with one attached hydrogen (secondary N) is 1. The number of carbonyl (C=O) groups is 1. The molecule has 0 aliphatic carbocycles. The van der Waals surface area contributed by atoms with Crippen LogP contribution in [0.5, 0.6) is 5.75 Å². The van der Waals surface area contributed by atoms with Gasteiger partial charge in [0.2, 0.25) is 5.91 Å². The third-order valence-corrected chi connectivity index (χ3v) is 3.38. The lowest BCUT2D eigenvalue weighted by Crippen LogP contribution is -2.43. The third-order valence-electron chi connectivity index (χ3n) is 3.38. The molecule has 1 amide bonds. The number of methoxy groups -OCH3 is 1. The van der Waals surface area contributed by atoms with Gasteiger partial charge in [-0.1, -0.05) is 32.0 Å². The van der Waals surface area contributed by atoms with Crippen molar-refractivity contribution in [2.24, 2.45) is 5.41 Å². The van der Waals surface area contributed by atoms with Crippen molar-refractivity contribution in [1.29, 1.82) is 0 Å². The van der Waals surface area contributed by atoms with Crippen LogP contribution >= 0.6 is 0 Å². The Hall–Kier alpha value is -1.55. The van der Waals surface area contributed by atoms with Crippen molar-refractivity contribution >= 4 is 5.91 Å². The number of aliphatic hydroxyl groups is 1. The first-order chi connectivity index (χ1) is 9.40. The van der Waals surface area contributed by atoms with E-state index in [1.54, 1.807) is 7.11 Å². The van der Waals surface area contributed by atoms with Gasteiger partial charge >= 0.3 is 0 Å². The molecule has 0 aliphatic heterocycles. The second-order valence-corrected chi connectivity index (χ2v) is 5.76. The summed E-state index contributed by atoms with van der Waals surface area (Å²) in [6.45, 7) is 5.81. The number of rotatable bonds is 7. The molecule has 112 valence electrons. The van der Waals surface area contributed by atoms with Crippen molar-refractivity contribution in [2.75, 3.05) is 13.7 Å². The number of ether oxygens (including phenoxy) is 1. The van der Waals surface area contributed by atoms with E-state index in [0.29, 0.717) is 12.8 Å². The van der Waals surface area contributed by atoms with Crippen molar-refractivity contribution in [3.63, 3.8) is 0 Å². The maximum atomic E-state index is 12.3. The Bertz CT molecular complexity index is 443. The summed E-state index contributed by atoms with van der Waals surface area (Å²) in [6.07, 6.45) is 1.17. The lowest BCUT2D eigenvalue weighted by molar-refractivity contribution is -0.130. The number of benzene rings is 1. The molecule has 20 heavy (non-hydrogen) atoms. The van der Waals surface area contributed by atoms with E-state index >= 15 is 0 Å². The summed E-state index contributed by atoms with van der Waals surface area (Å²) in [4.78, 5) is 12.3. The highest BCUT2D eigenvalue weighted by molar-refractivity contribution is 5.82. The Kier molecular flexibility index (Phi) is 6.02. The number of hydrogen-bond donors (Lipinski definition) is 2. The quantitative estimate of drug-likeness (QED) is 0.804. The lowest BCUT2D eigenvalue weighted by atomic mass is 9.84. The molecule has 0 fully saturated rings. The first-order valence-corrected chi connectivity index (χ1v) is 6.94. The molecule has 0 saturated carbocycles. The summed E-state index contributed by atoms with van der Waals surface area (Å²) >= 11 is 0. The van der Waals surface area contributed by atoms with Crippen LogP contribution < -0.4 is 10.1 Å². The molecular formula is C16H25NO3. The molecule has 0 radical (unpaired) electrons. The van der Waals surface area contributed by atoms with Crippen molar-refractivity contribution in [1.82, 2.24) is 5.32 Å². The summed E-state index contributed by atoms with van der Waals surface area (Å²) in [5.74, 6) is 0.793. The van der Waals surface area contributed by atoms with Crippen molar-refractivity contribution in [2.45, 2.75) is 39.7 Å².